The van der Waals surface area contributed by atoms with Crippen molar-refractivity contribution in [2.75, 3.05) is 21.3 Å². The van der Waals surface area contributed by atoms with Crippen molar-refractivity contribution in [3.05, 3.63) is 59.7 Å². The molecule has 0 amide bonds. The second kappa shape index (κ2) is 7.26. The molecule has 0 aliphatic rings. The lowest BCUT2D eigenvalue weighted by atomic mass is 10.0. The Bertz CT molecular complexity index is 661. The summed E-state index contributed by atoms with van der Waals surface area (Å²) in [6, 6.07) is 14.1. The van der Waals surface area contributed by atoms with Gasteiger partial charge in [-0.05, 0) is 48.5 Å². The van der Waals surface area contributed by atoms with Crippen molar-refractivity contribution in [3.63, 3.8) is 0 Å². The molecule has 0 spiro atoms. The SMILES string of the molecule is CN/N=C(\C(=O)c1ccc(OC)cc1)c1ccc(OC)cc1. The second-order valence-electron chi connectivity index (χ2n) is 4.47. The smallest absolute Gasteiger partial charge is 0.213 e. The van der Waals surface area contributed by atoms with Gasteiger partial charge in [-0.3, -0.25) is 4.79 Å². The molecule has 0 atom stereocenters. The molecule has 0 unspecified atom stereocenters. The van der Waals surface area contributed by atoms with Crippen LogP contribution < -0.4 is 14.9 Å². The number of carbonyl (C=O) groups excluding carboxylic acids is 1. The van der Waals surface area contributed by atoms with Gasteiger partial charge >= 0.3 is 0 Å². The Hall–Kier alpha value is -2.82. The van der Waals surface area contributed by atoms with Crippen molar-refractivity contribution in [1.29, 1.82) is 0 Å². The van der Waals surface area contributed by atoms with Crippen molar-refractivity contribution in [2.45, 2.75) is 0 Å². The summed E-state index contributed by atoms with van der Waals surface area (Å²) in [7, 11) is 4.84. The van der Waals surface area contributed by atoms with Crippen LogP contribution in [0.15, 0.2) is 53.6 Å². The molecular formula is C17H18N2O3. The number of methoxy groups -OCH3 is 2. The summed E-state index contributed by atoms with van der Waals surface area (Å²) >= 11 is 0. The quantitative estimate of drug-likeness (QED) is 0.506. The summed E-state index contributed by atoms with van der Waals surface area (Å²) in [5.74, 6) is 1.26. The van der Waals surface area contributed by atoms with Gasteiger partial charge in [0.2, 0.25) is 5.78 Å². The first-order valence-corrected chi connectivity index (χ1v) is 6.77. The molecule has 5 nitrogen and oxygen atoms in total. The predicted octanol–water partition coefficient (Wildman–Crippen LogP) is 2.51. The molecule has 0 saturated heterocycles. The third-order valence-corrected chi connectivity index (χ3v) is 3.15. The number of hydrogen-bond donors (Lipinski definition) is 1. The lowest BCUT2D eigenvalue weighted by molar-refractivity contribution is 0.106. The van der Waals surface area contributed by atoms with Crippen LogP contribution in [-0.2, 0) is 0 Å². The van der Waals surface area contributed by atoms with Crippen molar-refractivity contribution >= 4 is 11.5 Å². The molecule has 114 valence electrons. The Morgan fingerprint density at radius 3 is 1.73 bits per heavy atom. The summed E-state index contributed by atoms with van der Waals surface area (Å²) in [4.78, 5) is 12.6. The number of nitrogens with one attached hydrogen (secondary N) is 1. The zero-order valence-corrected chi connectivity index (χ0v) is 12.8. The fraction of sp³-hybridized carbons (Fsp3) is 0.176. The van der Waals surface area contributed by atoms with E-state index in [-0.39, 0.29) is 5.78 Å². The van der Waals surface area contributed by atoms with E-state index in [1.807, 2.05) is 0 Å². The number of rotatable bonds is 6. The number of carbonyl (C=O) groups is 1. The van der Waals surface area contributed by atoms with Gasteiger partial charge in [-0.1, -0.05) is 0 Å². The van der Waals surface area contributed by atoms with Crippen LogP contribution in [0.5, 0.6) is 11.5 Å². The van der Waals surface area contributed by atoms with Gasteiger partial charge in [0.15, 0.2) is 0 Å². The number of Topliss-reactive ketones (excluding diaryl/α,β-unsaturated/α-hetero) is 1. The van der Waals surface area contributed by atoms with Gasteiger partial charge in [0, 0.05) is 18.2 Å². The lowest BCUT2D eigenvalue weighted by Gasteiger charge is -2.08. The normalized spacial score (nSPS) is 11.0. The van der Waals surface area contributed by atoms with Crippen molar-refractivity contribution in [1.82, 2.24) is 5.43 Å². The van der Waals surface area contributed by atoms with Crippen molar-refractivity contribution < 1.29 is 14.3 Å². The Labute approximate surface area is 129 Å². The van der Waals surface area contributed by atoms with Crippen LogP contribution in [0.4, 0.5) is 0 Å². The standard InChI is InChI=1S/C17H18N2O3/c1-18-19-16(12-4-8-14(21-2)9-5-12)17(20)13-6-10-15(22-3)11-7-13/h4-11,18H,1-3H3/b19-16-. The lowest BCUT2D eigenvalue weighted by Crippen LogP contribution is -2.19. The second-order valence-corrected chi connectivity index (χ2v) is 4.47. The van der Waals surface area contributed by atoms with Gasteiger partial charge in [0.05, 0.1) is 14.2 Å². The van der Waals surface area contributed by atoms with Crippen LogP contribution in [0.25, 0.3) is 0 Å². The number of hydrogen-bond acceptors (Lipinski definition) is 5. The number of hydrazone groups is 1. The van der Waals surface area contributed by atoms with E-state index in [4.69, 9.17) is 9.47 Å². The van der Waals surface area contributed by atoms with Gasteiger partial charge < -0.3 is 14.9 Å². The van der Waals surface area contributed by atoms with E-state index in [2.05, 4.69) is 10.5 Å². The highest BCUT2D eigenvalue weighted by Gasteiger charge is 2.16. The molecule has 0 saturated carbocycles. The van der Waals surface area contributed by atoms with Crippen molar-refractivity contribution in [3.8, 4) is 11.5 Å². The van der Waals surface area contributed by atoms with Gasteiger partial charge in [-0.2, -0.15) is 5.10 Å². The van der Waals surface area contributed by atoms with E-state index in [0.29, 0.717) is 17.0 Å². The van der Waals surface area contributed by atoms with E-state index in [1.165, 1.54) is 0 Å². The predicted molar refractivity (Wildman–Crippen MR) is 85.9 cm³/mol. The Kier molecular flexibility index (Phi) is 5.14. The van der Waals surface area contributed by atoms with Crippen LogP contribution in [0.1, 0.15) is 15.9 Å². The molecule has 2 rings (SSSR count). The zero-order chi connectivity index (χ0) is 15.9. The van der Waals surface area contributed by atoms with Crippen LogP contribution >= 0.6 is 0 Å². The summed E-state index contributed by atoms with van der Waals surface area (Å²) in [5.41, 5.74) is 4.29. The third-order valence-electron chi connectivity index (χ3n) is 3.15. The minimum absolute atomic E-state index is 0.165. The average Bonchev–Trinajstić information content (AvgIpc) is 2.59. The van der Waals surface area contributed by atoms with Gasteiger partial charge in [-0.15, -0.1) is 0 Å². The minimum Gasteiger partial charge on any atom is -0.497 e. The number of ketones is 1. The summed E-state index contributed by atoms with van der Waals surface area (Å²) in [6.45, 7) is 0. The molecule has 5 heteroatoms. The Morgan fingerprint density at radius 2 is 1.32 bits per heavy atom. The highest BCUT2D eigenvalue weighted by atomic mass is 16.5. The maximum absolute atomic E-state index is 12.6. The summed E-state index contributed by atoms with van der Waals surface area (Å²) in [6.07, 6.45) is 0. The largest absolute Gasteiger partial charge is 0.497 e. The van der Waals surface area contributed by atoms with E-state index < -0.39 is 0 Å². The van der Waals surface area contributed by atoms with Crippen LogP contribution in [-0.4, -0.2) is 32.8 Å². The average molecular weight is 298 g/mol. The third kappa shape index (κ3) is 3.44. The van der Waals surface area contributed by atoms with Gasteiger partial charge in [0.1, 0.15) is 17.2 Å². The number of ether oxygens (including phenoxy) is 2. The van der Waals surface area contributed by atoms with E-state index >= 15 is 0 Å². The number of benzene rings is 2. The molecule has 0 aliphatic heterocycles. The molecule has 0 heterocycles. The molecule has 0 bridgehead atoms. The Morgan fingerprint density at radius 1 is 0.864 bits per heavy atom. The first-order valence-electron chi connectivity index (χ1n) is 6.77. The molecule has 0 aliphatic carbocycles. The molecule has 2 aromatic carbocycles. The fourth-order valence-corrected chi connectivity index (χ4v) is 1.99. The summed E-state index contributed by atoms with van der Waals surface area (Å²) in [5, 5.41) is 4.11. The fourth-order valence-electron chi connectivity index (χ4n) is 1.99. The molecule has 0 aromatic heterocycles. The first kappa shape index (κ1) is 15.6. The van der Waals surface area contributed by atoms with E-state index in [0.717, 1.165) is 11.3 Å². The van der Waals surface area contributed by atoms with E-state index in [9.17, 15) is 4.79 Å². The highest BCUT2D eigenvalue weighted by Crippen LogP contribution is 2.16. The van der Waals surface area contributed by atoms with Crippen LogP contribution in [0.3, 0.4) is 0 Å². The van der Waals surface area contributed by atoms with Gasteiger partial charge in [0.25, 0.3) is 0 Å². The first-order chi connectivity index (χ1) is 10.7. The molecule has 0 radical (unpaired) electrons. The molecular weight excluding hydrogens is 280 g/mol. The Balaban J connectivity index is 2.33. The van der Waals surface area contributed by atoms with Crippen molar-refractivity contribution in [2.24, 2.45) is 5.10 Å². The number of nitrogens with zero attached hydrogens (tertiary/aromatic N) is 1. The molecule has 2 aromatic rings. The zero-order valence-electron chi connectivity index (χ0n) is 12.8. The molecule has 0 fully saturated rings. The molecule has 1 N–H and O–H groups in total. The topological polar surface area (TPSA) is 59.9 Å². The maximum Gasteiger partial charge on any atom is 0.213 e. The van der Waals surface area contributed by atoms with Crippen LogP contribution in [0.2, 0.25) is 0 Å². The monoisotopic (exact) mass is 298 g/mol. The highest BCUT2D eigenvalue weighted by molar-refractivity contribution is 6.51. The van der Waals surface area contributed by atoms with E-state index in [1.54, 1.807) is 69.8 Å². The maximum atomic E-state index is 12.6. The summed E-state index contributed by atoms with van der Waals surface area (Å²) < 4.78 is 10.2. The molecule has 22 heavy (non-hydrogen) atoms. The van der Waals surface area contributed by atoms with Crippen LogP contribution in [0, 0.1) is 0 Å². The minimum atomic E-state index is -0.165. The van der Waals surface area contributed by atoms with Gasteiger partial charge in [-0.25, -0.2) is 0 Å².